The van der Waals surface area contributed by atoms with E-state index in [2.05, 4.69) is 101 Å². The number of hydrogen-bond donors (Lipinski definition) is 0. The summed E-state index contributed by atoms with van der Waals surface area (Å²) >= 11 is -3.71. The number of hydrogen-bond acceptors (Lipinski definition) is 0. The van der Waals surface area contributed by atoms with Crippen LogP contribution in [0.5, 0.6) is 0 Å². The second kappa shape index (κ2) is 18.2. The number of alkyl halides is 6. The number of rotatable bonds is 8. The van der Waals surface area contributed by atoms with Crippen molar-refractivity contribution in [1.29, 1.82) is 0 Å². The maximum absolute atomic E-state index is 14.1. The summed E-state index contributed by atoms with van der Waals surface area (Å²) in [5, 5.41) is 0. The van der Waals surface area contributed by atoms with Crippen LogP contribution in [0.25, 0.3) is 33.4 Å². The standard InChI is InChI=1S/C25H17.C15H8F6.C12H19.2ClH.Zr/c1-3-7-18(8-4-1)20-11-13-24-22(15-20)17-23-16-21(12-14-25(23)24)19-9-5-2-6-10-19;16-14(17,18)12-5-1-10(2-6-12)9-11-3-7-13(8-4-11)15(19,20)21;1-5-6-10-7-8-11(9-10)12(2,3)4;;;/h1-17H;1-8H;8-10H,5-6H2,1-4H3;2*1H;/q;;;;;+2/p-2. The van der Waals surface area contributed by atoms with E-state index in [1.165, 1.54) is 33.1 Å². The average molecular weight is 945 g/mol. The van der Waals surface area contributed by atoms with Gasteiger partial charge in [0.2, 0.25) is 0 Å². The van der Waals surface area contributed by atoms with E-state index in [1.807, 2.05) is 36.4 Å². The zero-order chi connectivity index (χ0) is 41.7. The van der Waals surface area contributed by atoms with Gasteiger partial charge in [0, 0.05) is 0 Å². The van der Waals surface area contributed by atoms with Crippen molar-refractivity contribution in [2.45, 2.75) is 56.5 Å². The molecule has 0 nitrogen and oxygen atoms in total. The third kappa shape index (κ3) is 9.41. The Morgan fingerprint density at radius 3 is 1.34 bits per heavy atom. The summed E-state index contributed by atoms with van der Waals surface area (Å²) in [7, 11) is 0. The van der Waals surface area contributed by atoms with Crippen LogP contribution in [0.3, 0.4) is 0 Å². The first-order valence-electron chi connectivity index (χ1n) is 20.0. The molecule has 0 N–H and O–H groups in total. The van der Waals surface area contributed by atoms with Crippen LogP contribution < -0.4 is 24.8 Å². The van der Waals surface area contributed by atoms with Gasteiger partial charge in [-0.3, -0.25) is 0 Å². The third-order valence-electron chi connectivity index (χ3n) is 11.7. The quantitative estimate of drug-likeness (QED) is 0.134. The fourth-order valence-corrected chi connectivity index (χ4v) is 18.3. The molecule has 9 heteroatoms. The first-order chi connectivity index (χ1) is 28.1. The van der Waals surface area contributed by atoms with Gasteiger partial charge in [0.25, 0.3) is 0 Å². The van der Waals surface area contributed by atoms with E-state index < -0.39 is 44.7 Å². The maximum atomic E-state index is 14.1. The minimum atomic E-state index is -4.55. The van der Waals surface area contributed by atoms with E-state index in [0.717, 1.165) is 84.8 Å². The van der Waals surface area contributed by atoms with Gasteiger partial charge in [0.1, 0.15) is 0 Å². The van der Waals surface area contributed by atoms with Crippen molar-refractivity contribution >= 4 is 3.21 Å². The largest absolute Gasteiger partial charge is 1.00 e. The molecular weight excluding hydrogens is 901 g/mol. The summed E-state index contributed by atoms with van der Waals surface area (Å²) in [5.74, 6) is 0.0737. The fraction of sp³-hybridized carbons (Fsp3) is 0.212. The summed E-state index contributed by atoms with van der Waals surface area (Å²) in [6.07, 6.45) is -2.56. The average Bonchev–Trinajstić information content (AvgIpc) is 3.79. The molecule has 0 bridgehead atoms. The van der Waals surface area contributed by atoms with Gasteiger partial charge < -0.3 is 24.8 Å². The van der Waals surface area contributed by atoms with Crippen molar-refractivity contribution < 1.29 is 72.4 Å². The Labute approximate surface area is 374 Å². The molecule has 312 valence electrons. The van der Waals surface area contributed by atoms with E-state index in [0.29, 0.717) is 11.1 Å². The fourth-order valence-electron chi connectivity index (χ4n) is 8.70. The van der Waals surface area contributed by atoms with E-state index in [4.69, 9.17) is 0 Å². The van der Waals surface area contributed by atoms with Gasteiger partial charge in [0.05, 0.1) is 0 Å². The van der Waals surface area contributed by atoms with Crippen LogP contribution in [0, 0.1) is 11.3 Å². The second-order valence-electron chi connectivity index (χ2n) is 16.6. The first-order valence-corrected chi connectivity index (χ1v) is 23.9. The molecule has 6 aromatic rings. The molecule has 2 aliphatic rings. The van der Waals surface area contributed by atoms with E-state index in [9.17, 15) is 26.3 Å². The van der Waals surface area contributed by atoms with Gasteiger partial charge in [-0.25, -0.2) is 0 Å². The van der Waals surface area contributed by atoms with Gasteiger partial charge in [0.15, 0.2) is 0 Å². The van der Waals surface area contributed by atoms with Crippen LogP contribution in [-0.4, -0.2) is 3.21 Å². The molecule has 8 rings (SSSR count). The van der Waals surface area contributed by atoms with Crippen LogP contribution in [-0.2, 0) is 33.6 Å². The third-order valence-corrected chi connectivity index (χ3v) is 20.1. The SMILES string of the molecule is CCCC1C=C(C(C)(C)C)C=[C]1[Zr+2](=[C](c1ccc(C(F)(F)F)cc1)c1ccc(C(F)(F)F)cc1)[CH]1c2cc(-c3ccccc3)ccc2-c2ccc(-c3ccccc3)cc21.[Cl-].[Cl-]. The van der Waals surface area contributed by atoms with Crippen molar-refractivity contribution in [3.8, 4) is 33.4 Å². The molecule has 0 amide bonds. The number of allylic oxidation sites excluding steroid dienone is 4. The minimum absolute atomic E-state index is 0. The molecule has 0 heterocycles. The molecule has 1 atom stereocenters. The first kappa shape index (κ1) is 46.2. The Morgan fingerprint density at radius 1 is 0.541 bits per heavy atom. The van der Waals surface area contributed by atoms with Crippen molar-refractivity contribution in [3.05, 3.63) is 200 Å². The molecular formula is C52H44Cl2F6Zr. The van der Waals surface area contributed by atoms with E-state index in [-0.39, 0.29) is 39.8 Å². The molecule has 0 fully saturated rings. The van der Waals surface area contributed by atoms with Gasteiger partial charge >= 0.3 is 352 Å². The normalized spacial score (nSPS) is 14.7. The van der Waals surface area contributed by atoms with Crippen molar-refractivity contribution in [2.24, 2.45) is 11.3 Å². The summed E-state index contributed by atoms with van der Waals surface area (Å²) in [5.41, 5.74) is 9.46. The Bertz CT molecular complexity index is 2450. The Balaban J connectivity index is 0.00000311. The summed E-state index contributed by atoms with van der Waals surface area (Å²) in [4.78, 5) is 0. The van der Waals surface area contributed by atoms with Crippen molar-refractivity contribution in [2.75, 3.05) is 0 Å². The molecule has 0 aromatic heterocycles. The molecule has 1 unspecified atom stereocenters. The van der Waals surface area contributed by atoms with Crippen LogP contribution in [0.4, 0.5) is 26.3 Å². The van der Waals surface area contributed by atoms with Gasteiger partial charge in [-0.05, 0) is 0 Å². The molecule has 0 saturated heterocycles. The van der Waals surface area contributed by atoms with Crippen molar-refractivity contribution in [3.63, 3.8) is 0 Å². The Hall–Kier alpha value is -4.29. The number of halogens is 8. The van der Waals surface area contributed by atoms with Crippen LogP contribution in [0.1, 0.15) is 77.5 Å². The van der Waals surface area contributed by atoms with Crippen LogP contribution >= 0.6 is 0 Å². The molecule has 0 aliphatic heterocycles. The van der Waals surface area contributed by atoms with Gasteiger partial charge in [-0.2, -0.15) is 0 Å². The number of fused-ring (bicyclic) bond motifs is 3. The van der Waals surface area contributed by atoms with Crippen LogP contribution in [0.15, 0.2) is 167 Å². The zero-order valence-corrected chi connectivity index (χ0v) is 38.1. The topological polar surface area (TPSA) is 0 Å². The summed E-state index contributed by atoms with van der Waals surface area (Å²) < 4.78 is 86.7. The maximum Gasteiger partial charge on any atom is -1.00 e. The molecule has 6 aromatic carbocycles. The van der Waals surface area contributed by atoms with E-state index >= 15 is 0 Å². The summed E-state index contributed by atoms with van der Waals surface area (Å²) in [6.45, 7) is 8.75. The predicted octanol–water partition coefficient (Wildman–Crippen LogP) is 9.31. The van der Waals surface area contributed by atoms with Crippen molar-refractivity contribution in [1.82, 2.24) is 0 Å². The van der Waals surface area contributed by atoms with Gasteiger partial charge in [-0.1, -0.05) is 0 Å². The molecule has 0 spiro atoms. The Kier molecular flexibility index (Phi) is 13.8. The van der Waals surface area contributed by atoms with Gasteiger partial charge in [-0.15, -0.1) is 0 Å². The van der Waals surface area contributed by atoms with E-state index in [1.54, 1.807) is 0 Å². The molecule has 61 heavy (non-hydrogen) atoms. The molecule has 2 aliphatic carbocycles. The molecule has 0 radical (unpaired) electrons. The predicted molar refractivity (Wildman–Crippen MR) is 225 cm³/mol. The summed E-state index contributed by atoms with van der Waals surface area (Å²) in [6, 6.07) is 44.3. The smallest absolute Gasteiger partial charge is 1.00 e. The van der Waals surface area contributed by atoms with Crippen LogP contribution in [0.2, 0.25) is 0 Å². The monoisotopic (exact) mass is 942 g/mol. The Morgan fingerprint density at radius 2 is 0.967 bits per heavy atom. The molecule has 0 saturated carbocycles. The second-order valence-corrected chi connectivity index (χ2v) is 22.7. The number of benzene rings is 6. The zero-order valence-electron chi connectivity index (χ0n) is 34.1. The minimum Gasteiger partial charge on any atom is -1.00 e.